The maximum Gasteiger partial charge on any atom is 0.229 e. The molecule has 0 bridgehead atoms. The third-order valence-corrected chi connectivity index (χ3v) is 6.08. The molecule has 0 aliphatic heterocycles. The van der Waals surface area contributed by atoms with Crippen LogP contribution in [0.15, 0.2) is 72.8 Å². The Morgan fingerprint density at radius 2 is 1.74 bits per heavy atom. The van der Waals surface area contributed by atoms with Crippen LogP contribution in [0.5, 0.6) is 11.5 Å². The molecule has 0 heterocycles. The molecule has 3 aromatic rings. The van der Waals surface area contributed by atoms with Crippen molar-refractivity contribution in [3.63, 3.8) is 0 Å². The van der Waals surface area contributed by atoms with Crippen LogP contribution in [0.1, 0.15) is 29.2 Å². The summed E-state index contributed by atoms with van der Waals surface area (Å²) in [5.74, 6) is 0.611. The second-order valence-corrected chi connectivity index (χ2v) is 10.1. The summed E-state index contributed by atoms with van der Waals surface area (Å²) in [7, 11) is -1.89. The van der Waals surface area contributed by atoms with E-state index in [2.05, 4.69) is 22.2 Å². The summed E-state index contributed by atoms with van der Waals surface area (Å²) in [4.78, 5) is 0. The lowest BCUT2D eigenvalue weighted by Gasteiger charge is -2.22. The second kappa shape index (κ2) is 11.9. The van der Waals surface area contributed by atoms with E-state index in [1.165, 1.54) is 17.7 Å². The number of benzene rings is 3. The number of ether oxygens (including phenoxy) is 1. The van der Waals surface area contributed by atoms with E-state index in [1.54, 1.807) is 13.2 Å². The molecule has 34 heavy (non-hydrogen) atoms. The first-order valence-corrected chi connectivity index (χ1v) is 13.0. The predicted octanol–water partition coefficient (Wildman–Crippen LogP) is 3.64. The van der Waals surface area contributed by atoms with E-state index in [1.807, 2.05) is 42.5 Å². The third-order valence-electron chi connectivity index (χ3n) is 5.49. The lowest BCUT2D eigenvalue weighted by Crippen LogP contribution is -2.32. The maximum atomic E-state index is 11.5. The molecule has 0 aliphatic carbocycles. The Hall–Kier alpha value is -3.07. The van der Waals surface area contributed by atoms with Crippen LogP contribution in [0.25, 0.3) is 0 Å². The molecule has 0 saturated heterocycles. The smallest absolute Gasteiger partial charge is 0.229 e. The number of aromatic hydroxyl groups is 1. The van der Waals surface area contributed by atoms with E-state index in [-0.39, 0.29) is 17.5 Å². The molecule has 182 valence electrons. The highest BCUT2D eigenvalue weighted by Gasteiger charge is 2.16. The highest BCUT2D eigenvalue weighted by Crippen LogP contribution is 2.26. The number of hydrogen-bond donors (Lipinski definition) is 4. The van der Waals surface area contributed by atoms with Crippen LogP contribution in [-0.4, -0.2) is 44.6 Å². The second-order valence-electron chi connectivity index (χ2n) is 8.35. The van der Waals surface area contributed by atoms with Gasteiger partial charge >= 0.3 is 0 Å². The lowest BCUT2D eigenvalue weighted by atomic mass is 9.98. The number of nitrogens with one attached hydrogen (secondary N) is 2. The van der Waals surface area contributed by atoms with Crippen molar-refractivity contribution in [1.29, 1.82) is 0 Å². The molecule has 0 spiro atoms. The summed E-state index contributed by atoms with van der Waals surface area (Å²) < 4.78 is 30.7. The monoisotopic (exact) mass is 484 g/mol. The van der Waals surface area contributed by atoms with Crippen molar-refractivity contribution in [3.05, 3.63) is 89.5 Å². The summed E-state index contributed by atoms with van der Waals surface area (Å²) >= 11 is 0. The Morgan fingerprint density at radius 3 is 2.44 bits per heavy atom. The number of phenols is 1. The molecule has 0 radical (unpaired) electrons. The highest BCUT2D eigenvalue weighted by atomic mass is 32.2. The van der Waals surface area contributed by atoms with Crippen LogP contribution >= 0.6 is 0 Å². The molecule has 0 unspecified atom stereocenters. The predicted molar refractivity (Wildman–Crippen MR) is 135 cm³/mol. The fourth-order valence-corrected chi connectivity index (χ4v) is 4.38. The lowest BCUT2D eigenvalue weighted by molar-refractivity contribution is 0.166. The standard InChI is InChI=1S/C26H32N2O5S/c1-33-23-10-6-9-21(17-23)24(13-11-19-7-4-3-5-8-19)27-18-22(29)15-20-12-14-26(30)25(16-20)28-34(2,31)32/h3-10,12,14,16-17,22,24,27-30H,11,13,15,18H2,1-2H3/t22-,24+/m0/s1. The largest absolute Gasteiger partial charge is 0.506 e. The zero-order valence-electron chi connectivity index (χ0n) is 19.4. The first-order valence-electron chi connectivity index (χ1n) is 11.1. The third kappa shape index (κ3) is 8.06. The maximum absolute atomic E-state index is 11.5. The molecule has 0 aromatic heterocycles. The van der Waals surface area contributed by atoms with Crippen molar-refractivity contribution in [3.8, 4) is 11.5 Å². The van der Waals surface area contributed by atoms with Gasteiger partial charge in [0.15, 0.2) is 0 Å². The van der Waals surface area contributed by atoms with Crippen LogP contribution in [0.2, 0.25) is 0 Å². The van der Waals surface area contributed by atoms with Crippen molar-refractivity contribution in [2.24, 2.45) is 0 Å². The Kier molecular flexibility index (Phi) is 8.92. The van der Waals surface area contributed by atoms with Gasteiger partial charge in [0.25, 0.3) is 0 Å². The number of methoxy groups -OCH3 is 1. The summed E-state index contributed by atoms with van der Waals surface area (Å²) in [6.45, 7) is 0.340. The SMILES string of the molecule is COc1cccc([C@@H](CCc2ccccc2)NC[C@@H](O)Cc2ccc(O)c(NS(C)(=O)=O)c2)c1. The van der Waals surface area contributed by atoms with Gasteiger partial charge in [-0.05, 0) is 60.2 Å². The van der Waals surface area contributed by atoms with Crippen LogP contribution in [0.3, 0.4) is 0 Å². The van der Waals surface area contributed by atoms with Crippen LogP contribution in [0.4, 0.5) is 5.69 Å². The van der Waals surface area contributed by atoms with Gasteiger partial charge in [0.2, 0.25) is 10.0 Å². The molecule has 4 N–H and O–H groups in total. The van der Waals surface area contributed by atoms with Crippen molar-refractivity contribution in [2.45, 2.75) is 31.4 Å². The van der Waals surface area contributed by atoms with Crippen molar-refractivity contribution < 1.29 is 23.4 Å². The number of sulfonamides is 1. The molecule has 0 saturated carbocycles. The molecular formula is C26H32N2O5S. The van der Waals surface area contributed by atoms with Crippen molar-refractivity contribution >= 4 is 15.7 Å². The summed E-state index contributed by atoms with van der Waals surface area (Å²) in [5.41, 5.74) is 3.12. The normalized spacial score (nSPS) is 13.3. The van der Waals surface area contributed by atoms with Gasteiger partial charge in [-0.25, -0.2) is 8.42 Å². The van der Waals surface area contributed by atoms with Crippen molar-refractivity contribution in [2.75, 3.05) is 24.6 Å². The summed E-state index contributed by atoms with van der Waals surface area (Å²) in [6, 6.07) is 22.8. The van der Waals surface area contributed by atoms with Crippen LogP contribution < -0.4 is 14.8 Å². The average Bonchev–Trinajstić information content (AvgIpc) is 2.81. The number of aryl methyl sites for hydroxylation is 1. The summed E-state index contributed by atoms with van der Waals surface area (Å²) in [6.07, 6.45) is 2.33. The van der Waals surface area contributed by atoms with Crippen molar-refractivity contribution in [1.82, 2.24) is 5.32 Å². The fourth-order valence-electron chi connectivity index (χ4n) is 3.81. The van der Waals surface area contributed by atoms with Gasteiger partial charge in [0, 0.05) is 12.6 Å². The minimum absolute atomic E-state index is 0.00670. The van der Waals surface area contributed by atoms with E-state index < -0.39 is 16.1 Å². The van der Waals surface area contributed by atoms with Crippen LogP contribution in [0, 0.1) is 0 Å². The van der Waals surface area contributed by atoms with E-state index >= 15 is 0 Å². The number of anilines is 1. The Balaban J connectivity index is 1.67. The number of aliphatic hydroxyl groups excluding tert-OH is 1. The number of aliphatic hydroxyl groups is 1. The number of rotatable bonds is 12. The van der Waals surface area contributed by atoms with Gasteiger partial charge in [-0.15, -0.1) is 0 Å². The highest BCUT2D eigenvalue weighted by molar-refractivity contribution is 7.92. The molecule has 0 amide bonds. The molecule has 0 aliphatic rings. The van der Waals surface area contributed by atoms with E-state index in [0.717, 1.165) is 30.4 Å². The van der Waals surface area contributed by atoms with Gasteiger partial charge in [-0.1, -0.05) is 48.5 Å². The summed E-state index contributed by atoms with van der Waals surface area (Å²) in [5, 5.41) is 24.1. The molecule has 0 fully saturated rings. The zero-order valence-corrected chi connectivity index (χ0v) is 20.3. The number of hydrogen-bond acceptors (Lipinski definition) is 6. The van der Waals surface area contributed by atoms with Gasteiger partial charge in [0.05, 0.1) is 25.2 Å². The molecule has 2 atom stereocenters. The number of phenolic OH excluding ortho intramolecular Hbond substituents is 1. The Bertz CT molecular complexity index is 1170. The topological polar surface area (TPSA) is 108 Å². The molecular weight excluding hydrogens is 452 g/mol. The van der Waals surface area contributed by atoms with E-state index in [0.29, 0.717) is 18.5 Å². The Morgan fingerprint density at radius 1 is 0.971 bits per heavy atom. The van der Waals surface area contributed by atoms with Gasteiger partial charge in [0.1, 0.15) is 11.5 Å². The molecule has 7 nitrogen and oxygen atoms in total. The minimum atomic E-state index is -3.53. The average molecular weight is 485 g/mol. The minimum Gasteiger partial charge on any atom is -0.506 e. The van der Waals surface area contributed by atoms with Gasteiger partial charge in [-0.2, -0.15) is 0 Å². The molecule has 3 rings (SSSR count). The van der Waals surface area contributed by atoms with Gasteiger partial charge in [-0.3, -0.25) is 4.72 Å². The van der Waals surface area contributed by atoms with Gasteiger partial charge < -0.3 is 20.3 Å². The Labute approximate surface area is 201 Å². The van der Waals surface area contributed by atoms with E-state index in [4.69, 9.17) is 4.74 Å². The zero-order chi connectivity index (χ0) is 24.6. The quantitative estimate of drug-likeness (QED) is 0.292. The van der Waals surface area contributed by atoms with E-state index in [9.17, 15) is 18.6 Å². The fraction of sp³-hybridized carbons (Fsp3) is 0.308. The first-order chi connectivity index (χ1) is 16.2. The first kappa shape index (κ1) is 25.6. The van der Waals surface area contributed by atoms with Crippen LogP contribution in [-0.2, 0) is 22.9 Å². The molecule has 3 aromatic carbocycles. The molecule has 8 heteroatoms.